The number of allylic oxidation sites excluding steroid dienone is 8. The largest absolute Gasteiger partial charge is 1.00 e. The molecule has 0 saturated heterocycles. The van der Waals surface area contributed by atoms with E-state index in [4.69, 9.17) is 0 Å². The minimum Gasteiger partial charge on any atom is -1.00 e. The molecule has 2 unspecified atom stereocenters. The van der Waals surface area contributed by atoms with E-state index >= 15 is 0 Å². The van der Waals surface area contributed by atoms with Crippen molar-refractivity contribution in [1.82, 2.24) is 0 Å². The maximum Gasteiger partial charge on any atom is -1.00 e. The Kier molecular flexibility index (Phi) is 7.41. The zero-order valence-electron chi connectivity index (χ0n) is 12.1. The Bertz CT molecular complexity index is 394. The Balaban J connectivity index is 0.00000162. The molecule has 0 bridgehead atoms. The molecule has 2 atom stereocenters. The molecule has 0 radical (unpaired) electrons. The molecule has 0 fully saturated rings. The van der Waals surface area contributed by atoms with E-state index < -0.39 is 0 Å². The van der Waals surface area contributed by atoms with Crippen molar-refractivity contribution in [3.8, 4) is 0 Å². The molecular formula is C16H22Cl2Ti. The van der Waals surface area contributed by atoms with Gasteiger partial charge in [-0.1, -0.05) is 0 Å². The van der Waals surface area contributed by atoms with Gasteiger partial charge in [-0.3, -0.25) is 0 Å². The summed E-state index contributed by atoms with van der Waals surface area (Å²) in [7, 11) is 0. The first-order valence-corrected chi connectivity index (χ1v) is 8.16. The van der Waals surface area contributed by atoms with Crippen LogP contribution in [0.1, 0.15) is 40.5 Å². The first-order chi connectivity index (χ1) is 7.99. The summed E-state index contributed by atoms with van der Waals surface area (Å²) in [5, 5.41) is 0. The number of hydrogen-bond donors (Lipinski definition) is 0. The van der Waals surface area contributed by atoms with Gasteiger partial charge in [-0.05, 0) is 0 Å². The maximum atomic E-state index is 2.50. The number of rotatable bonds is 4. The van der Waals surface area contributed by atoms with Gasteiger partial charge in [-0.25, -0.2) is 0 Å². The third-order valence-corrected chi connectivity index (χ3v) is 6.27. The Labute approximate surface area is 139 Å². The Morgan fingerprint density at radius 3 is 1.47 bits per heavy atom. The van der Waals surface area contributed by atoms with Crippen LogP contribution in [-0.4, -0.2) is 0 Å². The van der Waals surface area contributed by atoms with Gasteiger partial charge in [0.1, 0.15) is 0 Å². The molecule has 104 valence electrons. The van der Waals surface area contributed by atoms with E-state index in [1.165, 1.54) is 24.0 Å². The van der Waals surface area contributed by atoms with Crippen molar-refractivity contribution < 1.29 is 44.0 Å². The molecule has 3 heteroatoms. The molecule has 0 heterocycles. The van der Waals surface area contributed by atoms with Crippen molar-refractivity contribution in [2.45, 2.75) is 48.0 Å². The second kappa shape index (κ2) is 7.32. The summed E-state index contributed by atoms with van der Waals surface area (Å²) in [6, 6.07) is 0. The van der Waals surface area contributed by atoms with E-state index in [9.17, 15) is 0 Å². The van der Waals surface area contributed by atoms with Gasteiger partial charge < -0.3 is 24.8 Å². The third-order valence-electron chi connectivity index (χ3n) is 3.61. The average Bonchev–Trinajstić information content (AvgIpc) is 2.82. The number of hydrogen-bond acceptors (Lipinski definition) is 0. The van der Waals surface area contributed by atoms with Gasteiger partial charge >= 0.3 is 115 Å². The van der Waals surface area contributed by atoms with Gasteiger partial charge in [0.25, 0.3) is 0 Å². The normalized spacial score (nSPS) is 31.2. The smallest absolute Gasteiger partial charge is 1.00 e. The topological polar surface area (TPSA) is 0 Å². The predicted octanol–water partition coefficient (Wildman–Crippen LogP) is -0.753. The van der Waals surface area contributed by atoms with Crippen LogP contribution in [0.25, 0.3) is 0 Å². The van der Waals surface area contributed by atoms with Gasteiger partial charge in [-0.2, -0.15) is 0 Å². The maximum absolute atomic E-state index is 2.50. The van der Waals surface area contributed by atoms with Crippen LogP contribution in [0.3, 0.4) is 0 Å². The van der Waals surface area contributed by atoms with Crippen LogP contribution in [0.2, 0.25) is 7.44 Å². The van der Waals surface area contributed by atoms with Crippen LogP contribution in [0.15, 0.2) is 47.6 Å². The molecule has 19 heavy (non-hydrogen) atoms. The summed E-state index contributed by atoms with van der Waals surface area (Å²) in [4.78, 5) is 0. The quantitative estimate of drug-likeness (QED) is 0.594. The van der Waals surface area contributed by atoms with Crippen molar-refractivity contribution in [1.29, 1.82) is 0 Å². The Hall–Kier alpha value is 0.254. The van der Waals surface area contributed by atoms with Gasteiger partial charge in [0.05, 0.1) is 0 Å². The number of halogens is 2. The van der Waals surface area contributed by atoms with Crippen LogP contribution in [0, 0.1) is 0 Å². The fourth-order valence-corrected chi connectivity index (χ4v) is 5.84. The van der Waals surface area contributed by atoms with Crippen molar-refractivity contribution in [3.05, 3.63) is 47.6 Å². The van der Waals surface area contributed by atoms with Crippen molar-refractivity contribution in [2.75, 3.05) is 0 Å². The van der Waals surface area contributed by atoms with E-state index in [0.29, 0.717) is 7.44 Å². The molecule has 2 aliphatic carbocycles. The van der Waals surface area contributed by atoms with E-state index in [0.717, 1.165) is 0 Å². The third kappa shape index (κ3) is 4.64. The fourth-order valence-electron chi connectivity index (χ4n) is 2.70. The van der Waals surface area contributed by atoms with E-state index in [-0.39, 0.29) is 44.0 Å². The molecule has 2 rings (SSSR count). The Morgan fingerprint density at radius 1 is 0.842 bits per heavy atom. The molecule has 0 saturated carbocycles. The van der Waals surface area contributed by atoms with E-state index in [1.54, 1.807) is 0 Å². The van der Waals surface area contributed by atoms with Crippen molar-refractivity contribution >= 4 is 0 Å². The molecule has 0 amide bonds. The second-order valence-electron chi connectivity index (χ2n) is 5.50. The molecule has 0 aromatic carbocycles. The van der Waals surface area contributed by atoms with Crippen LogP contribution >= 0.6 is 0 Å². The van der Waals surface area contributed by atoms with Gasteiger partial charge in [0.2, 0.25) is 0 Å². The SMILES string of the molecule is CCC1=C[C](C)([Ti+2][C]2(C)C=CC(CC)=C2)C=C1.[Cl-].[Cl-]. The predicted molar refractivity (Wildman–Crippen MR) is 71.8 cm³/mol. The first-order valence-electron chi connectivity index (χ1n) is 6.60. The van der Waals surface area contributed by atoms with Gasteiger partial charge in [0.15, 0.2) is 0 Å². The van der Waals surface area contributed by atoms with Crippen LogP contribution in [-0.2, 0) is 19.2 Å². The molecule has 0 aromatic heterocycles. The molecular weight excluding hydrogens is 311 g/mol. The fraction of sp³-hybridized carbons (Fsp3) is 0.500. The average molecular weight is 333 g/mol. The summed E-state index contributed by atoms with van der Waals surface area (Å²) >= 11 is -0.0956. The van der Waals surface area contributed by atoms with Crippen LogP contribution < -0.4 is 24.8 Å². The molecule has 2 aliphatic rings. The minimum atomic E-state index is -0.0956. The summed E-state index contributed by atoms with van der Waals surface area (Å²) < 4.78 is 0.730. The van der Waals surface area contributed by atoms with E-state index in [2.05, 4.69) is 64.2 Å². The van der Waals surface area contributed by atoms with Crippen LogP contribution in [0.4, 0.5) is 0 Å². The zero-order valence-corrected chi connectivity index (χ0v) is 15.2. The molecule has 0 aromatic rings. The van der Waals surface area contributed by atoms with Crippen molar-refractivity contribution in [2.24, 2.45) is 0 Å². The van der Waals surface area contributed by atoms with E-state index in [1.807, 2.05) is 0 Å². The molecule has 0 nitrogen and oxygen atoms in total. The summed E-state index contributed by atoms with van der Waals surface area (Å²) in [5.41, 5.74) is 3.03. The monoisotopic (exact) mass is 332 g/mol. The molecule has 0 N–H and O–H groups in total. The molecule has 0 aliphatic heterocycles. The standard InChI is InChI=1S/2C8H11.2ClH.Ti/c2*1-3-8-5-4-7(2)6-8;;;/h2*4-6H,3H2,1-2H3;2*1H;/q;;;;+2/p-2. The van der Waals surface area contributed by atoms with Gasteiger partial charge in [-0.15, -0.1) is 0 Å². The molecule has 0 spiro atoms. The first kappa shape index (κ1) is 19.3. The van der Waals surface area contributed by atoms with Gasteiger partial charge in [0, 0.05) is 0 Å². The second-order valence-corrected chi connectivity index (χ2v) is 9.26. The van der Waals surface area contributed by atoms with Crippen LogP contribution in [0.5, 0.6) is 0 Å². The summed E-state index contributed by atoms with van der Waals surface area (Å²) in [5.74, 6) is 0. The summed E-state index contributed by atoms with van der Waals surface area (Å²) in [6.45, 7) is 9.30. The van der Waals surface area contributed by atoms with Crippen molar-refractivity contribution in [3.63, 3.8) is 0 Å². The summed E-state index contributed by atoms with van der Waals surface area (Å²) in [6.07, 6.45) is 16.9. The Morgan fingerprint density at radius 2 is 1.21 bits per heavy atom. The minimum absolute atomic E-state index is 0. The zero-order chi connectivity index (χ0) is 12.5.